The minimum Gasteiger partial charge on any atom is -0.496 e. The number of hydrogen-bond acceptors (Lipinski definition) is 7. The molecular weight excluding hydrogens is 436 g/mol. The van der Waals surface area contributed by atoms with Crippen LogP contribution in [0.5, 0.6) is 17.2 Å². The van der Waals surface area contributed by atoms with Gasteiger partial charge in [0.05, 0.1) is 21.3 Å². The lowest BCUT2D eigenvalue weighted by molar-refractivity contribution is -0.142. The van der Waals surface area contributed by atoms with Crippen molar-refractivity contribution in [2.24, 2.45) is 0 Å². The van der Waals surface area contributed by atoms with Gasteiger partial charge in [-0.25, -0.2) is 4.79 Å². The molecule has 3 rings (SSSR count). The predicted octanol–water partition coefficient (Wildman–Crippen LogP) is 2.87. The molecule has 0 aromatic heterocycles. The monoisotopic (exact) mass is 462 g/mol. The molecule has 0 bridgehead atoms. The summed E-state index contributed by atoms with van der Waals surface area (Å²) in [6.45, 7) is 3.14. The molecule has 1 aliphatic rings. The van der Waals surface area contributed by atoms with Gasteiger partial charge in [-0.15, -0.1) is 0 Å². The van der Waals surface area contributed by atoms with Crippen molar-refractivity contribution in [2.45, 2.75) is 6.54 Å². The third-order valence-corrected chi connectivity index (χ3v) is 5.51. The molecule has 8 nitrogen and oxygen atoms in total. The molecule has 32 heavy (non-hydrogen) atoms. The fourth-order valence-corrected chi connectivity index (χ4v) is 3.71. The molecule has 0 spiro atoms. The molecule has 1 saturated heterocycles. The summed E-state index contributed by atoms with van der Waals surface area (Å²) in [6, 6.07) is 10.5. The number of carbonyl (C=O) groups is 2. The van der Waals surface area contributed by atoms with Crippen molar-refractivity contribution in [3.05, 3.63) is 52.5 Å². The Hall–Kier alpha value is -2.97. The Morgan fingerprint density at radius 1 is 0.906 bits per heavy atom. The minimum atomic E-state index is -0.500. The van der Waals surface area contributed by atoms with Crippen LogP contribution in [0.2, 0.25) is 5.02 Å². The van der Waals surface area contributed by atoms with Gasteiger partial charge < -0.3 is 23.8 Å². The predicted molar refractivity (Wildman–Crippen MR) is 120 cm³/mol. The zero-order chi connectivity index (χ0) is 23.1. The summed E-state index contributed by atoms with van der Waals surface area (Å²) in [6.07, 6.45) is 0. The van der Waals surface area contributed by atoms with Gasteiger partial charge in [0.15, 0.2) is 18.1 Å². The van der Waals surface area contributed by atoms with E-state index in [1.54, 1.807) is 31.4 Å². The summed E-state index contributed by atoms with van der Waals surface area (Å²) in [5.41, 5.74) is 1.52. The molecule has 2 aromatic carbocycles. The lowest BCUT2D eigenvalue weighted by Gasteiger charge is -2.35. The van der Waals surface area contributed by atoms with Gasteiger partial charge in [-0.1, -0.05) is 11.6 Å². The Morgan fingerprint density at radius 3 is 2.25 bits per heavy atom. The first-order valence-electron chi connectivity index (χ1n) is 10.2. The smallest absolute Gasteiger partial charge is 0.343 e. The van der Waals surface area contributed by atoms with Gasteiger partial charge >= 0.3 is 5.97 Å². The maximum absolute atomic E-state index is 13.0. The molecular formula is C23H27ClN2O6. The van der Waals surface area contributed by atoms with Gasteiger partial charge in [-0.2, -0.15) is 0 Å². The van der Waals surface area contributed by atoms with Crippen LogP contribution in [0.1, 0.15) is 15.9 Å². The second-order valence-corrected chi connectivity index (χ2v) is 7.69. The van der Waals surface area contributed by atoms with Crippen molar-refractivity contribution in [3.63, 3.8) is 0 Å². The number of rotatable bonds is 8. The van der Waals surface area contributed by atoms with E-state index in [4.69, 9.17) is 25.8 Å². The van der Waals surface area contributed by atoms with Gasteiger partial charge in [0.25, 0.3) is 5.91 Å². The topological polar surface area (TPSA) is 77.5 Å². The van der Waals surface area contributed by atoms with E-state index in [1.165, 1.54) is 14.2 Å². The van der Waals surface area contributed by atoms with Crippen molar-refractivity contribution in [2.75, 3.05) is 54.1 Å². The normalized spacial score (nSPS) is 14.1. The number of esters is 1. The van der Waals surface area contributed by atoms with Crippen molar-refractivity contribution in [1.82, 2.24) is 9.80 Å². The quantitative estimate of drug-likeness (QED) is 0.558. The number of hydrogen-bond donors (Lipinski definition) is 0. The SMILES string of the molecule is COC(=O)COc1ccc(C(=O)N2CCN(Cc3cc(Cl)ccc3OC)CC2)cc1OC. The van der Waals surface area contributed by atoms with Crippen LogP contribution in [0.4, 0.5) is 0 Å². The summed E-state index contributed by atoms with van der Waals surface area (Å²) in [5.74, 6) is 0.971. The van der Waals surface area contributed by atoms with Crippen molar-refractivity contribution >= 4 is 23.5 Å². The summed E-state index contributed by atoms with van der Waals surface area (Å²) in [5, 5.41) is 0.669. The van der Waals surface area contributed by atoms with E-state index < -0.39 is 5.97 Å². The molecule has 9 heteroatoms. The first-order valence-corrected chi connectivity index (χ1v) is 10.5. The maximum atomic E-state index is 13.0. The van der Waals surface area contributed by atoms with Crippen molar-refractivity contribution in [1.29, 1.82) is 0 Å². The number of ether oxygens (including phenoxy) is 4. The fraction of sp³-hybridized carbons (Fsp3) is 0.391. The average molecular weight is 463 g/mol. The van der Waals surface area contributed by atoms with Gasteiger partial charge in [0, 0.05) is 48.9 Å². The van der Waals surface area contributed by atoms with E-state index in [1.807, 2.05) is 17.0 Å². The Labute approximate surface area is 192 Å². The number of nitrogens with zero attached hydrogens (tertiary/aromatic N) is 2. The summed E-state index contributed by atoms with van der Waals surface area (Å²) >= 11 is 6.13. The molecule has 0 unspecified atom stereocenters. The minimum absolute atomic E-state index is 0.0807. The zero-order valence-electron chi connectivity index (χ0n) is 18.4. The number of halogens is 1. The highest BCUT2D eigenvalue weighted by molar-refractivity contribution is 6.30. The van der Waals surface area contributed by atoms with E-state index in [9.17, 15) is 9.59 Å². The zero-order valence-corrected chi connectivity index (χ0v) is 19.2. The fourth-order valence-electron chi connectivity index (χ4n) is 3.52. The number of amides is 1. The summed E-state index contributed by atoms with van der Waals surface area (Å²) in [4.78, 5) is 28.4. The number of benzene rings is 2. The van der Waals surface area contributed by atoms with Crippen molar-refractivity contribution in [3.8, 4) is 17.2 Å². The molecule has 2 aromatic rings. The molecule has 0 radical (unpaired) electrons. The molecule has 172 valence electrons. The summed E-state index contributed by atoms with van der Waals surface area (Å²) < 4.78 is 20.7. The van der Waals surface area contributed by atoms with E-state index in [2.05, 4.69) is 9.64 Å². The van der Waals surface area contributed by atoms with Crippen LogP contribution in [-0.2, 0) is 16.1 Å². The van der Waals surface area contributed by atoms with Crippen LogP contribution in [0.15, 0.2) is 36.4 Å². The van der Waals surface area contributed by atoms with E-state index >= 15 is 0 Å². The van der Waals surface area contributed by atoms with Crippen LogP contribution in [0, 0.1) is 0 Å². The van der Waals surface area contributed by atoms with E-state index in [0.717, 1.165) is 24.4 Å². The van der Waals surface area contributed by atoms with E-state index in [-0.39, 0.29) is 12.5 Å². The highest BCUT2D eigenvalue weighted by Crippen LogP contribution is 2.29. The highest BCUT2D eigenvalue weighted by Gasteiger charge is 2.24. The molecule has 0 aliphatic carbocycles. The number of carbonyl (C=O) groups excluding carboxylic acids is 2. The Morgan fingerprint density at radius 2 is 1.59 bits per heavy atom. The Balaban J connectivity index is 1.60. The van der Waals surface area contributed by atoms with Crippen LogP contribution in [0.25, 0.3) is 0 Å². The van der Waals surface area contributed by atoms with E-state index in [0.29, 0.717) is 41.7 Å². The lowest BCUT2D eigenvalue weighted by Crippen LogP contribution is -2.48. The molecule has 1 fully saturated rings. The first kappa shape index (κ1) is 23.7. The first-order chi connectivity index (χ1) is 15.4. The van der Waals surface area contributed by atoms with Gasteiger partial charge in [0.1, 0.15) is 5.75 Å². The number of piperazine rings is 1. The van der Waals surface area contributed by atoms with Crippen LogP contribution in [0.3, 0.4) is 0 Å². The highest BCUT2D eigenvalue weighted by atomic mass is 35.5. The molecule has 1 amide bonds. The number of methoxy groups -OCH3 is 3. The van der Waals surface area contributed by atoms with Gasteiger partial charge in [-0.05, 0) is 36.4 Å². The van der Waals surface area contributed by atoms with Crippen LogP contribution in [-0.4, -0.2) is 75.8 Å². The standard InChI is InChI=1S/C23H27ClN2O6/c1-29-19-7-5-18(24)12-17(19)14-25-8-10-26(11-9-25)23(28)16-4-6-20(21(13-16)30-2)32-15-22(27)31-3/h4-7,12-13H,8-11,14-15H2,1-3H3. The third kappa shape index (κ3) is 5.83. The molecule has 0 saturated carbocycles. The second-order valence-electron chi connectivity index (χ2n) is 7.25. The largest absolute Gasteiger partial charge is 0.496 e. The maximum Gasteiger partial charge on any atom is 0.343 e. The molecule has 0 N–H and O–H groups in total. The second kappa shape index (κ2) is 11.1. The lowest BCUT2D eigenvalue weighted by atomic mass is 10.1. The molecule has 0 atom stereocenters. The average Bonchev–Trinajstić information content (AvgIpc) is 2.82. The summed E-state index contributed by atoms with van der Waals surface area (Å²) in [7, 11) is 4.41. The van der Waals surface area contributed by atoms with Crippen LogP contribution >= 0.6 is 11.6 Å². The molecule has 1 heterocycles. The Kier molecular flexibility index (Phi) is 8.19. The van der Waals surface area contributed by atoms with Crippen molar-refractivity contribution < 1.29 is 28.5 Å². The molecule has 1 aliphatic heterocycles. The van der Waals surface area contributed by atoms with Crippen LogP contribution < -0.4 is 14.2 Å². The van der Waals surface area contributed by atoms with Gasteiger partial charge in [0.2, 0.25) is 0 Å². The Bertz CT molecular complexity index is 959. The third-order valence-electron chi connectivity index (χ3n) is 5.28. The van der Waals surface area contributed by atoms with Gasteiger partial charge in [-0.3, -0.25) is 9.69 Å².